The third-order valence-corrected chi connectivity index (χ3v) is 4.53. The van der Waals surface area contributed by atoms with Crippen LogP contribution in [0.1, 0.15) is 27.9 Å². The zero-order valence-electron chi connectivity index (χ0n) is 14.0. The molecule has 0 saturated heterocycles. The molecule has 126 valence electrons. The molecule has 0 radical (unpaired) electrons. The fourth-order valence-electron chi connectivity index (χ4n) is 2.43. The molecule has 2 amide bonds. The molecule has 0 unspecified atom stereocenters. The van der Waals surface area contributed by atoms with Crippen molar-refractivity contribution in [3.05, 3.63) is 65.2 Å². The van der Waals surface area contributed by atoms with Crippen LogP contribution in [-0.4, -0.2) is 29.5 Å². The molecule has 24 heavy (non-hydrogen) atoms. The van der Waals surface area contributed by atoms with Crippen molar-refractivity contribution < 1.29 is 9.59 Å². The maximum atomic E-state index is 13.0. The predicted molar refractivity (Wildman–Crippen MR) is 98.0 cm³/mol. The van der Waals surface area contributed by atoms with Gasteiger partial charge < -0.3 is 10.6 Å². The van der Waals surface area contributed by atoms with Gasteiger partial charge in [0.05, 0.1) is 0 Å². The van der Waals surface area contributed by atoms with Gasteiger partial charge in [-0.05, 0) is 36.4 Å². The van der Waals surface area contributed by atoms with E-state index in [-0.39, 0.29) is 12.3 Å². The lowest BCUT2D eigenvalue weighted by atomic mass is 10.1. The average Bonchev–Trinajstić information content (AvgIpc) is 2.59. The molecule has 2 N–H and O–H groups in total. The third-order valence-electron chi connectivity index (χ3n) is 3.81. The third kappa shape index (κ3) is 4.86. The highest BCUT2D eigenvalue weighted by molar-refractivity contribution is 7.98. The Balaban J connectivity index is 2.28. The van der Waals surface area contributed by atoms with Crippen LogP contribution >= 0.6 is 11.8 Å². The molecular weight excluding hydrogens is 320 g/mol. The van der Waals surface area contributed by atoms with E-state index < -0.39 is 5.91 Å². The van der Waals surface area contributed by atoms with Crippen LogP contribution in [0.15, 0.2) is 53.4 Å². The van der Waals surface area contributed by atoms with Gasteiger partial charge in [-0.25, -0.2) is 0 Å². The maximum Gasteiger partial charge on any atom is 0.254 e. The smallest absolute Gasteiger partial charge is 0.254 e. The number of benzene rings is 2. The highest BCUT2D eigenvalue weighted by Crippen LogP contribution is 2.21. The minimum Gasteiger partial charge on any atom is -0.370 e. The Bertz CT molecular complexity index is 717. The number of aryl methyl sites for hydroxylation is 1. The summed E-state index contributed by atoms with van der Waals surface area (Å²) in [6.07, 6.45) is 2.13. The lowest BCUT2D eigenvalue weighted by Crippen LogP contribution is -2.34. The van der Waals surface area contributed by atoms with Crippen LogP contribution in [0.4, 0.5) is 0 Å². The summed E-state index contributed by atoms with van der Waals surface area (Å²) in [5.74, 6) is -0.482. The zero-order chi connectivity index (χ0) is 17.5. The van der Waals surface area contributed by atoms with Gasteiger partial charge in [0, 0.05) is 30.0 Å². The number of thioether (sulfide) groups is 1. The number of amides is 2. The van der Waals surface area contributed by atoms with Crippen LogP contribution in [-0.2, 0) is 11.3 Å². The normalized spacial score (nSPS) is 10.4. The first-order valence-electron chi connectivity index (χ1n) is 7.77. The highest BCUT2D eigenvalue weighted by atomic mass is 32.2. The number of nitrogens with two attached hydrogens (primary N) is 1. The second kappa shape index (κ2) is 8.55. The van der Waals surface area contributed by atoms with E-state index in [1.165, 1.54) is 0 Å². The Hall–Kier alpha value is -2.27. The van der Waals surface area contributed by atoms with Crippen LogP contribution in [0.5, 0.6) is 0 Å². The summed E-state index contributed by atoms with van der Waals surface area (Å²) < 4.78 is 0. The molecule has 0 spiro atoms. The van der Waals surface area contributed by atoms with Crippen LogP contribution < -0.4 is 5.73 Å². The van der Waals surface area contributed by atoms with E-state index in [1.807, 2.05) is 61.7 Å². The summed E-state index contributed by atoms with van der Waals surface area (Å²) in [4.78, 5) is 26.9. The molecule has 2 aromatic rings. The molecular formula is C19H22N2O2S. The number of nitrogens with zero attached hydrogens (tertiary/aromatic N) is 1. The Morgan fingerprint density at radius 1 is 1.12 bits per heavy atom. The Kier molecular flexibility index (Phi) is 6.44. The molecule has 4 nitrogen and oxygen atoms in total. The van der Waals surface area contributed by atoms with Gasteiger partial charge >= 0.3 is 0 Å². The first-order chi connectivity index (χ1) is 11.5. The lowest BCUT2D eigenvalue weighted by Gasteiger charge is -2.23. The monoisotopic (exact) mass is 342 g/mol. The number of carbonyl (C=O) groups excluding carboxylic acids is 2. The first-order valence-corrected chi connectivity index (χ1v) is 9.00. The minimum absolute atomic E-state index is 0.0755. The van der Waals surface area contributed by atoms with E-state index in [2.05, 4.69) is 0 Å². The summed E-state index contributed by atoms with van der Waals surface area (Å²) in [6.45, 7) is 2.69. The quantitative estimate of drug-likeness (QED) is 0.786. The summed E-state index contributed by atoms with van der Waals surface area (Å²) in [5.41, 5.74) is 7.89. The summed E-state index contributed by atoms with van der Waals surface area (Å²) in [7, 11) is 0. The number of carbonyl (C=O) groups is 2. The highest BCUT2D eigenvalue weighted by Gasteiger charge is 2.19. The summed E-state index contributed by atoms with van der Waals surface area (Å²) >= 11 is 1.60. The molecule has 0 heterocycles. The van der Waals surface area contributed by atoms with Gasteiger partial charge in [-0.2, -0.15) is 0 Å². The fraction of sp³-hybridized carbons (Fsp3) is 0.263. The van der Waals surface area contributed by atoms with E-state index in [9.17, 15) is 9.59 Å². The van der Waals surface area contributed by atoms with Crippen molar-refractivity contribution >= 4 is 23.6 Å². The molecule has 5 heteroatoms. The standard InChI is InChI=1S/C19H22N2O2S/c1-14-8-9-16(24-2)12-17(14)19(23)21(11-10-18(20)22)13-15-6-4-3-5-7-15/h3-9,12H,10-11,13H2,1-2H3,(H2,20,22). The van der Waals surface area contributed by atoms with Crippen molar-refractivity contribution in [1.29, 1.82) is 0 Å². The number of rotatable bonds is 7. The van der Waals surface area contributed by atoms with E-state index in [0.717, 1.165) is 16.0 Å². The van der Waals surface area contributed by atoms with Gasteiger partial charge in [0.2, 0.25) is 5.91 Å². The van der Waals surface area contributed by atoms with Crippen molar-refractivity contribution in [1.82, 2.24) is 4.90 Å². The molecule has 0 aliphatic heterocycles. The van der Waals surface area contributed by atoms with Crippen molar-refractivity contribution in [2.45, 2.75) is 24.8 Å². The minimum atomic E-state index is -0.407. The van der Waals surface area contributed by atoms with Gasteiger partial charge in [0.1, 0.15) is 0 Å². The van der Waals surface area contributed by atoms with Gasteiger partial charge in [-0.1, -0.05) is 36.4 Å². The van der Waals surface area contributed by atoms with Crippen molar-refractivity contribution in [3.63, 3.8) is 0 Å². The largest absolute Gasteiger partial charge is 0.370 e. The van der Waals surface area contributed by atoms with Crippen molar-refractivity contribution in [3.8, 4) is 0 Å². The van der Waals surface area contributed by atoms with Gasteiger partial charge in [0.25, 0.3) is 5.91 Å². The van der Waals surface area contributed by atoms with Gasteiger partial charge in [-0.15, -0.1) is 11.8 Å². The second-order valence-corrected chi connectivity index (χ2v) is 6.49. The number of hydrogen-bond acceptors (Lipinski definition) is 3. The fourth-order valence-corrected chi connectivity index (χ4v) is 2.87. The molecule has 2 rings (SSSR count). The maximum absolute atomic E-state index is 13.0. The van der Waals surface area contributed by atoms with Crippen LogP contribution in [0.2, 0.25) is 0 Å². The molecule has 0 aliphatic rings. The van der Waals surface area contributed by atoms with E-state index >= 15 is 0 Å². The van der Waals surface area contributed by atoms with Crippen LogP contribution in [0.3, 0.4) is 0 Å². The molecule has 0 aliphatic carbocycles. The van der Waals surface area contributed by atoms with Crippen molar-refractivity contribution in [2.24, 2.45) is 5.73 Å². The summed E-state index contributed by atoms with van der Waals surface area (Å²) in [5, 5.41) is 0. The van der Waals surface area contributed by atoms with Crippen molar-refractivity contribution in [2.75, 3.05) is 12.8 Å². The van der Waals surface area contributed by atoms with Gasteiger partial charge in [0.15, 0.2) is 0 Å². The lowest BCUT2D eigenvalue weighted by molar-refractivity contribution is -0.118. The molecule has 0 aromatic heterocycles. The molecule has 0 atom stereocenters. The second-order valence-electron chi connectivity index (χ2n) is 5.61. The van der Waals surface area contributed by atoms with Gasteiger partial charge in [-0.3, -0.25) is 9.59 Å². The molecule has 0 fully saturated rings. The average molecular weight is 342 g/mol. The SMILES string of the molecule is CSc1ccc(C)c(C(=O)N(CCC(N)=O)Cc2ccccc2)c1. The Morgan fingerprint density at radius 3 is 2.46 bits per heavy atom. The van der Waals surface area contributed by atoms with Crippen LogP contribution in [0, 0.1) is 6.92 Å². The predicted octanol–water partition coefficient (Wildman–Crippen LogP) is 3.23. The topological polar surface area (TPSA) is 63.4 Å². The van der Waals surface area contributed by atoms with E-state index in [0.29, 0.717) is 18.7 Å². The Labute approximate surface area is 147 Å². The van der Waals surface area contributed by atoms with E-state index in [1.54, 1.807) is 16.7 Å². The Morgan fingerprint density at radius 2 is 1.83 bits per heavy atom. The number of primary amides is 1. The van der Waals surface area contributed by atoms with Crippen LogP contribution in [0.25, 0.3) is 0 Å². The molecule has 0 bridgehead atoms. The number of hydrogen-bond donors (Lipinski definition) is 1. The molecule has 2 aromatic carbocycles. The molecule has 0 saturated carbocycles. The zero-order valence-corrected chi connectivity index (χ0v) is 14.8. The van der Waals surface area contributed by atoms with E-state index in [4.69, 9.17) is 5.73 Å². The summed E-state index contributed by atoms with van der Waals surface area (Å²) in [6, 6.07) is 15.6. The first kappa shape index (κ1) is 18.1.